The minimum atomic E-state index is 0.166. The van der Waals surface area contributed by atoms with Gasteiger partial charge in [-0.25, -0.2) is 4.98 Å². The smallest absolute Gasteiger partial charge is 0.219 e. The lowest BCUT2D eigenvalue weighted by Gasteiger charge is -2.31. The Morgan fingerprint density at radius 3 is 2.64 bits per heavy atom. The van der Waals surface area contributed by atoms with E-state index in [4.69, 9.17) is 9.72 Å². The molecule has 2 saturated heterocycles. The maximum Gasteiger partial charge on any atom is 0.219 e. The van der Waals surface area contributed by atoms with Gasteiger partial charge in [-0.3, -0.25) is 9.78 Å². The Hall–Kier alpha value is -1.69. The highest BCUT2D eigenvalue weighted by atomic mass is 16.5. The van der Waals surface area contributed by atoms with Crippen molar-refractivity contribution < 1.29 is 9.53 Å². The zero-order valence-electron chi connectivity index (χ0n) is 13.1. The number of carbonyl (C=O) groups is 1. The summed E-state index contributed by atoms with van der Waals surface area (Å²) in [6.07, 6.45) is 7.63. The number of anilines is 1. The Bertz CT molecular complexity index is 509. The minimum absolute atomic E-state index is 0.166. The number of nitrogens with zero attached hydrogens (tertiary/aromatic N) is 3. The van der Waals surface area contributed by atoms with E-state index in [2.05, 4.69) is 10.3 Å². The van der Waals surface area contributed by atoms with Crippen LogP contribution >= 0.6 is 0 Å². The number of rotatable bonds is 3. The van der Waals surface area contributed by atoms with Gasteiger partial charge in [0.05, 0.1) is 11.9 Å². The molecule has 2 aliphatic rings. The first-order chi connectivity index (χ1) is 10.7. The van der Waals surface area contributed by atoms with Gasteiger partial charge in [0.25, 0.3) is 0 Å². The monoisotopic (exact) mass is 304 g/mol. The van der Waals surface area contributed by atoms with Crippen molar-refractivity contribution >= 4 is 11.7 Å². The number of ether oxygens (including phenoxy) is 1. The van der Waals surface area contributed by atoms with E-state index in [0.29, 0.717) is 12.0 Å². The standard InChI is InChI=1S/C16H24N4O2/c1-12(21)20-6-2-13(3-7-20)15-10-17-11-16(19-15)18-14-4-8-22-9-5-14/h10-11,13-14H,2-9H2,1H3,(H,18,19). The van der Waals surface area contributed by atoms with Gasteiger partial charge >= 0.3 is 0 Å². The van der Waals surface area contributed by atoms with Crippen LogP contribution in [0.15, 0.2) is 12.4 Å². The quantitative estimate of drug-likeness (QED) is 0.922. The summed E-state index contributed by atoms with van der Waals surface area (Å²) in [5.74, 6) is 1.43. The summed E-state index contributed by atoms with van der Waals surface area (Å²) in [4.78, 5) is 22.4. The molecule has 6 nitrogen and oxygen atoms in total. The number of likely N-dealkylation sites (tertiary alicyclic amines) is 1. The molecule has 1 aromatic rings. The van der Waals surface area contributed by atoms with Crippen LogP contribution in [0, 0.1) is 0 Å². The number of piperidine rings is 1. The second-order valence-corrected chi connectivity index (χ2v) is 6.14. The molecule has 3 heterocycles. The Morgan fingerprint density at radius 1 is 1.23 bits per heavy atom. The number of amides is 1. The summed E-state index contributed by atoms with van der Waals surface area (Å²) >= 11 is 0. The normalized spacial score (nSPS) is 20.9. The molecule has 120 valence electrons. The van der Waals surface area contributed by atoms with Crippen LogP contribution in [0.1, 0.15) is 44.2 Å². The number of nitrogens with one attached hydrogen (secondary N) is 1. The van der Waals surface area contributed by atoms with Gasteiger partial charge in [-0.05, 0) is 25.7 Å². The third-order valence-electron chi connectivity index (χ3n) is 4.59. The highest BCUT2D eigenvalue weighted by Crippen LogP contribution is 2.27. The predicted molar refractivity (Wildman–Crippen MR) is 83.7 cm³/mol. The summed E-state index contributed by atoms with van der Waals surface area (Å²) in [5, 5.41) is 3.47. The number of aromatic nitrogens is 2. The molecule has 0 aliphatic carbocycles. The van der Waals surface area contributed by atoms with Crippen molar-refractivity contribution in [3.8, 4) is 0 Å². The highest BCUT2D eigenvalue weighted by Gasteiger charge is 2.23. The molecule has 1 N–H and O–H groups in total. The van der Waals surface area contributed by atoms with Gasteiger partial charge in [0.2, 0.25) is 5.91 Å². The van der Waals surface area contributed by atoms with E-state index in [1.807, 2.05) is 11.1 Å². The topological polar surface area (TPSA) is 67.4 Å². The third kappa shape index (κ3) is 3.74. The first kappa shape index (κ1) is 15.2. The van der Waals surface area contributed by atoms with E-state index < -0.39 is 0 Å². The predicted octanol–water partition coefficient (Wildman–Crippen LogP) is 1.79. The zero-order chi connectivity index (χ0) is 15.4. The lowest BCUT2D eigenvalue weighted by molar-refractivity contribution is -0.129. The summed E-state index contributed by atoms with van der Waals surface area (Å²) in [7, 11) is 0. The van der Waals surface area contributed by atoms with Gasteiger partial charge < -0.3 is 15.0 Å². The number of hydrogen-bond acceptors (Lipinski definition) is 5. The summed E-state index contributed by atoms with van der Waals surface area (Å²) in [6, 6.07) is 0.429. The summed E-state index contributed by atoms with van der Waals surface area (Å²) in [5.41, 5.74) is 1.04. The van der Waals surface area contributed by atoms with Crippen molar-refractivity contribution in [1.29, 1.82) is 0 Å². The Balaban J connectivity index is 1.60. The van der Waals surface area contributed by atoms with Gasteiger partial charge in [-0.15, -0.1) is 0 Å². The molecule has 2 aliphatic heterocycles. The van der Waals surface area contributed by atoms with E-state index in [9.17, 15) is 4.79 Å². The molecule has 0 unspecified atom stereocenters. The maximum absolute atomic E-state index is 11.4. The minimum Gasteiger partial charge on any atom is -0.381 e. The first-order valence-electron chi connectivity index (χ1n) is 8.14. The van der Waals surface area contributed by atoms with Crippen LogP contribution < -0.4 is 5.32 Å². The highest BCUT2D eigenvalue weighted by molar-refractivity contribution is 5.73. The van der Waals surface area contributed by atoms with Crippen molar-refractivity contribution in [2.24, 2.45) is 0 Å². The van der Waals surface area contributed by atoms with E-state index >= 15 is 0 Å². The average Bonchev–Trinajstić information content (AvgIpc) is 2.56. The van der Waals surface area contributed by atoms with E-state index in [0.717, 1.165) is 63.5 Å². The zero-order valence-corrected chi connectivity index (χ0v) is 13.1. The molecule has 2 fully saturated rings. The van der Waals surface area contributed by atoms with Gasteiger partial charge in [-0.1, -0.05) is 0 Å². The Labute approximate surface area is 131 Å². The van der Waals surface area contributed by atoms with Gasteiger partial charge in [0.15, 0.2) is 0 Å². The van der Waals surface area contributed by atoms with E-state index in [1.165, 1.54) is 0 Å². The van der Waals surface area contributed by atoms with Crippen LogP contribution in [0.25, 0.3) is 0 Å². The molecule has 0 saturated carbocycles. The fourth-order valence-corrected chi connectivity index (χ4v) is 3.19. The van der Waals surface area contributed by atoms with Crippen molar-refractivity contribution in [2.75, 3.05) is 31.6 Å². The molecule has 0 radical (unpaired) electrons. The molecule has 0 aromatic carbocycles. The molecular weight excluding hydrogens is 280 g/mol. The van der Waals surface area contributed by atoms with Crippen molar-refractivity contribution in [3.63, 3.8) is 0 Å². The van der Waals surface area contributed by atoms with Crippen LogP contribution in [0.3, 0.4) is 0 Å². The van der Waals surface area contributed by atoms with Crippen molar-refractivity contribution in [1.82, 2.24) is 14.9 Å². The molecule has 0 atom stereocenters. The Morgan fingerprint density at radius 2 is 1.95 bits per heavy atom. The van der Waals surface area contributed by atoms with Crippen LogP contribution in [-0.2, 0) is 9.53 Å². The molecule has 1 aromatic heterocycles. The molecule has 1 amide bonds. The molecular formula is C16H24N4O2. The summed E-state index contributed by atoms with van der Waals surface area (Å²) < 4.78 is 5.38. The van der Waals surface area contributed by atoms with Gasteiger partial charge in [0.1, 0.15) is 5.82 Å². The number of carbonyl (C=O) groups excluding carboxylic acids is 1. The molecule has 3 rings (SSSR count). The van der Waals surface area contributed by atoms with Gasteiger partial charge in [0, 0.05) is 51.4 Å². The molecule has 6 heteroatoms. The van der Waals surface area contributed by atoms with E-state index in [-0.39, 0.29) is 5.91 Å². The first-order valence-corrected chi connectivity index (χ1v) is 8.14. The molecule has 0 spiro atoms. The van der Waals surface area contributed by atoms with Gasteiger partial charge in [-0.2, -0.15) is 0 Å². The molecule has 0 bridgehead atoms. The third-order valence-corrected chi connectivity index (χ3v) is 4.59. The van der Waals surface area contributed by atoms with Crippen LogP contribution in [0.4, 0.5) is 5.82 Å². The largest absolute Gasteiger partial charge is 0.381 e. The average molecular weight is 304 g/mol. The van der Waals surface area contributed by atoms with Crippen molar-refractivity contribution in [3.05, 3.63) is 18.1 Å². The lowest BCUT2D eigenvalue weighted by atomic mass is 9.94. The SMILES string of the molecule is CC(=O)N1CCC(c2cncc(NC3CCOCC3)n2)CC1. The van der Waals surface area contributed by atoms with Crippen LogP contribution in [0.2, 0.25) is 0 Å². The van der Waals surface area contributed by atoms with Crippen molar-refractivity contribution in [2.45, 2.75) is 44.6 Å². The van der Waals surface area contributed by atoms with Crippen LogP contribution in [-0.4, -0.2) is 53.1 Å². The maximum atomic E-state index is 11.4. The second kappa shape index (κ2) is 7.05. The van der Waals surface area contributed by atoms with E-state index in [1.54, 1.807) is 13.1 Å². The second-order valence-electron chi connectivity index (χ2n) is 6.14. The molecule has 22 heavy (non-hydrogen) atoms. The fourth-order valence-electron chi connectivity index (χ4n) is 3.19. The Kier molecular flexibility index (Phi) is 4.87. The number of hydrogen-bond donors (Lipinski definition) is 1. The summed E-state index contributed by atoms with van der Waals surface area (Å²) in [6.45, 7) is 4.90. The fraction of sp³-hybridized carbons (Fsp3) is 0.688. The van der Waals surface area contributed by atoms with Crippen LogP contribution in [0.5, 0.6) is 0 Å². The lowest BCUT2D eigenvalue weighted by Crippen LogP contribution is -2.36.